The van der Waals surface area contributed by atoms with Crippen LogP contribution in [0.25, 0.3) is 5.57 Å². The van der Waals surface area contributed by atoms with Crippen LogP contribution in [-0.4, -0.2) is 8.42 Å². The first-order chi connectivity index (χ1) is 6.02. The number of benzene rings is 1. The van der Waals surface area contributed by atoms with Gasteiger partial charge in [-0.3, -0.25) is 0 Å². The Bertz CT molecular complexity index is 496. The van der Waals surface area contributed by atoms with Crippen LogP contribution in [-0.2, 0) is 9.84 Å². The molecule has 68 valence electrons. The van der Waals surface area contributed by atoms with Crippen molar-refractivity contribution in [3.05, 3.63) is 34.7 Å². The second kappa shape index (κ2) is 2.45. The zero-order chi connectivity index (χ0) is 9.64. The van der Waals surface area contributed by atoms with E-state index in [1.807, 2.05) is 19.9 Å². The highest BCUT2D eigenvalue weighted by Crippen LogP contribution is 2.34. The Morgan fingerprint density at radius 3 is 2.46 bits per heavy atom. The first-order valence-corrected chi connectivity index (χ1v) is 5.60. The fourth-order valence-corrected chi connectivity index (χ4v) is 3.32. The minimum Gasteiger partial charge on any atom is -0.219 e. The second-order valence-electron chi connectivity index (χ2n) is 3.29. The molecule has 0 N–H and O–H groups in total. The summed E-state index contributed by atoms with van der Waals surface area (Å²) < 4.78 is 23.1. The maximum Gasteiger partial charge on any atom is 0.200 e. The van der Waals surface area contributed by atoms with Gasteiger partial charge < -0.3 is 0 Å². The van der Waals surface area contributed by atoms with Gasteiger partial charge in [-0.2, -0.15) is 0 Å². The van der Waals surface area contributed by atoms with E-state index >= 15 is 0 Å². The Morgan fingerprint density at radius 1 is 1.15 bits per heavy atom. The van der Waals surface area contributed by atoms with Crippen LogP contribution in [0, 0.1) is 6.92 Å². The quantitative estimate of drug-likeness (QED) is 0.634. The SMILES string of the molecule is CC1=CS(=O)(=O)c2cccc(C)c21. The summed E-state index contributed by atoms with van der Waals surface area (Å²) in [5, 5.41) is 1.34. The van der Waals surface area contributed by atoms with Gasteiger partial charge in [0.15, 0.2) is 0 Å². The third-order valence-corrected chi connectivity index (χ3v) is 3.88. The highest BCUT2D eigenvalue weighted by molar-refractivity contribution is 7.95. The summed E-state index contributed by atoms with van der Waals surface area (Å²) in [7, 11) is -3.14. The van der Waals surface area contributed by atoms with Crippen molar-refractivity contribution in [1.29, 1.82) is 0 Å². The summed E-state index contributed by atoms with van der Waals surface area (Å²) in [6.07, 6.45) is 0. The van der Waals surface area contributed by atoms with Crippen LogP contribution in [0.5, 0.6) is 0 Å². The Morgan fingerprint density at radius 2 is 1.85 bits per heavy atom. The molecule has 0 radical (unpaired) electrons. The third-order valence-electron chi connectivity index (χ3n) is 2.27. The molecule has 0 aromatic heterocycles. The van der Waals surface area contributed by atoms with Gasteiger partial charge in [0.25, 0.3) is 0 Å². The van der Waals surface area contributed by atoms with Crippen LogP contribution in [0.4, 0.5) is 0 Å². The molecule has 2 nitrogen and oxygen atoms in total. The lowest BCUT2D eigenvalue weighted by Crippen LogP contribution is -1.94. The normalized spacial score (nSPS) is 18.2. The molecule has 2 rings (SSSR count). The summed E-state index contributed by atoms with van der Waals surface area (Å²) in [4.78, 5) is 0.449. The van der Waals surface area contributed by atoms with E-state index in [4.69, 9.17) is 0 Å². The monoisotopic (exact) mass is 194 g/mol. The molecule has 1 aromatic carbocycles. The van der Waals surface area contributed by atoms with Crippen LogP contribution < -0.4 is 0 Å². The molecule has 13 heavy (non-hydrogen) atoms. The van der Waals surface area contributed by atoms with E-state index in [0.29, 0.717) is 4.90 Å². The largest absolute Gasteiger partial charge is 0.219 e. The second-order valence-corrected chi connectivity index (χ2v) is 5.06. The fourth-order valence-electron chi connectivity index (χ4n) is 1.74. The molecule has 1 heterocycles. The molecule has 0 saturated carbocycles. The van der Waals surface area contributed by atoms with Crippen LogP contribution in [0.3, 0.4) is 0 Å². The van der Waals surface area contributed by atoms with Crippen molar-refractivity contribution in [2.24, 2.45) is 0 Å². The number of sulfone groups is 1. The van der Waals surface area contributed by atoms with Crippen molar-refractivity contribution < 1.29 is 8.42 Å². The molecule has 0 unspecified atom stereocenters. The standard InChI is InChI=1S/C10H10O2S/c1-7-4-3-5-9-10(7)8(2)6-13(9,11)12/h3-6H,1-2H3. The fraction of sp³-hybridized carbons (Fsp3) is 0.200. The van der Waals surface area contributed by atoms with Gasteiger partial charge in [0.1, 0.15) is 0 Å². The molecule has 0 bridgehead atoms. The van der Waals surface area contributed by atoms with Gasteiger partial charge in [-0.15, -0.1) is 0 Å². The zero-order valence-corrected chi connectivity index (χ0v) is 8.35. The number of fused-ring (bicyclic) bond motifs is 1. The molecular formula is C10H10O2S. The smallest absolute Gasteiger partial charge is 0.200 e. The number of allylic oxidation sites excluding steroid dienone is 1. The Labute approximate surface area is 77.8 Å². The van der Waals surface area contributed by atoms with Crippen molar-refractivity contribution in [3.8, 4) is 0 Å². The van der Waals surface area contributed by atoms with Gasteiger partial charge in [-0.05, 0) is 36.6 Å². The molecular weight excluding hydrogens is 184 g/mol. The highest BCUT2D eigenvalue weighted by atomic mass is 32.2. The van der Waals surface area contributed by atoms with Crippen molar-refractivity contribution in [2.45, 2.75) is 18.7 Å². The van der Waals surface area contributed by atoms with Crippen molar-refractivity contribution in [2.75, 3.05) is 0 Å². The molecule has 0 fully saturated rings. The van der Waals surface area contributed by atoms with Crippen LogP contribution in [0.2, 0.25) is 0 Å². The van der Waals surface area contributed by atoms with E-state index < -0.39 is 9.84 Å². The van der Waals surface area contributed by atoms with E-state index in [2.05, 4.69) is 0 Å². The van der Waals surface area contributed by atoms with Crippen molar-refractivity contribution in [1.82, 2.24) is 0 Å². The summed E-state index contributed by atoms with van der Waals surface area (Å²) in [5.41, 5.74) is 2.74. The lowest BCUT2D eigenvalue weighted by molar-refractivity contribution is 0.605. The summed E-state index contributed by atoms with van der Waals surface area (Å²) in [5.74, 6) is 0. The number of rotatable bonds is 0. The van der Waals surface area contributed by atoms with Gasteiger partial charge >= 0.3 is 0 Å². The minimum atomic E-state index is -3.14. The van der Waals surface area contributed by atoms with Gasteiger partial charge in [-0.1, -0.05) is 12.1 Å². The van der Waals surface area contributed by atoms with Crippen LogP contribution in [0.15, 0.2) is 28.5 Å². The molecule has 0 aliphatic carbocycles. The molecule has 0 amide bonds. The third kappa shape index (κ3) is 1.11. The summed E-state index contributed by atoms with van der Waals surface area (Å²) >= 11 is 0. The predicted octanol–water partition coefficient (Wildman–Crippen LogP) is 2.14. The number of hydrogen-bond acceptors (Lipinski definition) is 2. The maximum atomic E-state index is 11.5. The van der Waals surface area contributed by atoms with Gasteiger partial charge in [0.05, 0.1) is 4.90 Å². The molecule has 1 aromatic rings. The lowest BCUT2D eigenvalue weighted by atomic mass is 10.0. The molecule has 1 aliphatic rings. The lowest BCUT2D eigenvalue weighted by Gasteiger charge is -2.03. The van der Waals surface area contributed by atoms with Crippen molar-refractivity contribution >= 4 is 15.4 Å². The molecule has 3 heteroatoms. The number of hydrogen-bond donors (Lipinski definition) is 0. The Kier molecular flexibility index (Phi) is 1.60. The van der Waals surface area contributed by atoms with Gasteiger partial charge in [0.2, 0.25) is 9.84 Å². The van der Waals surface area contributed by atoms with E-state index in [1.165, 1.54) is 5.41 Å². The van der Waals surface area contributed by atoms with Gasteiger partial charge in [0, 0.05) is 5.41 Å². The topological polar surface area (TPSA) is 34.1 Å². The molecule has 1 aliphatic heterocycles. The summed E-state index contributed by atoms with van der Waals surface area (Å²) in [6.45, 7) is 3.76. The van der Waals surface area contributed by atoms with Crippen LogP contribution in [0.1, 0.15) is 18.1 Å². The molecule has 0 spiro atoms. The number of aryl methyl sites for hydroxylation is 1. The maximum absolute atomic E-state index is 11.5. The average Bonchev–Trinajstić information content (AvgIpc) is 2.24. The highest BCUT2D eigenvalue weighted by Gasteiger charge is 2.25. The molecule has 0 atom stereocenters. The Hall–Kier alpha value is -1.09. The first-order valence-electron chi connectivity index (χ1n) is 4.06. The minimum absolute atomic E-state index is 0.449. The van der Waals surface area contributed by atoms with E-state index in [-0.39, 0.29) is 0 Å². The first kappa shape index (κ1) is 8.51. The summed E-state index contributed by atoms with van der Waals surface area (Å²) in [6, 6.07) is 5.36. The van der Waals surface area contributed by atoms with E-state index in [0.717, 1.165) is 16.7 Å². The predicted molar refractivity (Wildman–Crippen MR) is 52.0 cm³/mol. The van der Waals surface area contributed by atoms with E-state index in [1.54, 1.807) is 12.1 Å². The average molecular weight is 194 g/mol. The Balaban J connectivity index is 2.90. The van der Waals surface area contributed by atoms with E-state index in [9.17, 15) is 8.42 Å². The van der Waals surface area contributed by atoms with Gasteiger partial charge in [-0.25, -0.2) is 8.42 Å². The molecule has 0 saturated heterocycles. The zero-order valence-electron chi connectivity index (χ0n) is 7.53. The van der Waals surface area contributed by atoms with Crippen LogP contribution >= 0.6 is 0 Å². The van der Waals surface area contributed by atoms with Crippen molar-refractivity contribution in [3.63, 3.8) is 0 Å².